The molecule has 0 N–H and O–H groups in total. The first-order valence-electron chi connectivity index (χ1n) is 9.74. The van der Waals surface area contributed by atoms with Crippen molar-refractivity contribution < 1.29 is 9.18 Å². The standard InChI is InChI=1S/C21H24ClFN4O/c1-13-16(12-17-18(22)4-3-5-19(17)23)21(25-20(24-13)15-6-7-15)27-10-8-26(9-11-27)14(2)28/h3-5,15H,6-12H2,1-2H3. The first kappa shape index (κ1) is 19.1. The molecule has 7 heteroatoms. The summed E-state index contributed by atoms with van der Waals surface area (Å²) in [7, 11) is 0. The Bertz CT molecular complexity index is 887. The van der Waals surface area contributed by atoms with Crippen LogP contribution < -0.4 is 4.90 Å². The van der Waals surface area contributed by atoms with Crippen molar-refractivity contribution in [3.05, 3.63) is 51.7 Å². The zero-order valence-corrected chi connectivity index (χ0v) is 17.0. The number of aryl methyl sites for hydroxylation is 1. The number of hydrogen-bond donors (Lipinski definition) is 0. The molecule has 2 fully saturated rings. The van der Waals surface area contributed by atoms with Gasteiger partial charge in [0.25, 0.3) is 0 Å². The molecule has 0 atom stereocenters. The predicted octanol–water partition coefficient (Wildman–Crippen LogP) is 3.71. The molecule has 28 heavy (non-hydrogen) atoms. The first-order chi connectivity index (χ1) is 13.4. The molecule has 2 aliphatic rings. The molecule has 1 aromatic carbocycles. The summed E-state index contributed by atoms with van der Waals surface area (Å²) in [6.07, 6.45) is 2.59. The summed E-state index contributed by atoms with van der Waals surface area (Å²) in [5.74, 6) is 1.95. The third-order valence-corrected chi connectivity index (χ3v) is 5.95. The van der Waals surface area contributed by atoms with Gasteiger partial charge in [0.15, 0.2) is 0 Å². The van der Waals surface area contributed by atoms with E-state index in [-0.39, 0.29) is 11.7 Å². The summed E-state index contributed by atoms with van der Waals surface area (Å²) in [6, 6.07) is 4.75. The number of carbonyl (C=O) groups excluding carboxylic acids is 1. The zero-order valence-electron chi connectivity index (χ0n) is 16.2. The van der Waals surface area contributed by atoms with E-state index in [2.05, 4.69) is 4.90 Å². The number of benzene rings is 1. The Kier molecular flexibility index (Phi) is 5.23. The normalized spacial score (nSPS) is 17.1. The van der Waals surface area contributed by atoms with Crippen LogP contribution in [0.2, 0.25) is 5.02 Å². The molecule has 5 nitrogen and oxygen atoms in total. The maximum atomic E-state index is 14.4. The fourth-order valence-corrected chi connectivity index (χ4v) is 3.94. The van der Waals surface area contributed by atoms with Gasteiger partial charge in [-0.25, -0.2) is 14.4 Å². The maximum absolute atomic E-state index is 14.4. The monoisotopic (exact) mass is 402 g/mol. The van der Waals surface area contributed by atoms with Gasteiger partial charge >= 0.3 is 0 Å². The minimum atomic E-state index is -0.314. The molecule has 0 unspecified atom stereocenters. The third-order valence-electron chi connectivity index (χ3n) is 5.59. The average molecular weight is 403 g/mol. The predicted molar refractivity (Wildman–Crippen MR) is 107 cm³/mol. The fraction of sp³-hybridized carbons (Fsp3) is 0.476. The Balaban J connectivity index is 1.70. The molecule has 0 bridgehead atoms. The lowest BCUT2D eigenvalue weighted by atomic mass is 10.0. The molecule has 0 radical (unpaired) electrons. The Morgan fingerprint density at radius 2 is 1.89 bits per heavy atom. The topological polar surface area (TPSA) is 49.3 Å². The van der Waals surface area contributed by atoms with E-state index in [9.17, 15) is 9.18 Å². The first-order valence-corrected chi connectivity index (χ1v) is 10.1. The van der Waals surface area contributed by atoms with E-state index in [4.69, 9.17) is 21.6 Å². The minimum Gasteiger partial charge on any atom is -0.353 e. The van der Waals surface area contributed by atoms with E-state index in [1.165, 1.54) is 6.07 Å². The van der Waals surface area contributed by atoms with Crippen molar-refractivity contribution in [3.8, 4) is 0 Å². The van der Waals surface area contributed by atoms with Gasteiger partial charge in [-0.05, 0) is 31.9 Å². The van der Waals surface area contributed by atoms with Crippen LogP contribution in [0.15, 0.2) is 18.2 Å². The van der Waals surface area contributed by atoms with Crippen molar-refractivity contribution in [1.29, 1.82) is 0 Å². The second kappa shape index (κ2) is 7.66. The maximum Gasteiger partial charge on any atom is 0.219 e. The van der Waals surface area contributed by atoms with Crippen LogP contribution in [0, 0.1) is 12.7 Å². The van der Waals surface area contributed by atoms with Crippen molar-refractivity contribution >= 4 is 23.3 Å². The summed E-state index contributed by atoms with van der Waals surface area (Å²) >= 11 is 6.28. The number of carbonyl (C=O) groups is 1. The molecule has 0 spiro atoms. The van der Waals surface area contributed by atoms with E-state index in [0.717, 1.165) is 35.7 Å². The highest BCUT2D eigenvalue weighted by molar-refractivity contribution is 6.31. The highest BCUT2D eigenvalue weighted by Gasteiger charge is 2.30. The molecule has 2 heterocycles. The molecular formula is C21H24ClFN4O. The van der Waals surface area contributed by atoms with Gasteiger partial charge in [-0.3, -0.25) is 4.79 Å². The van der Waals surface area contributed by atoms with Crippen LogP contribution in [0.4, 0.5) is 10.2 Å². The Morgan fingerprint density at radius 1 is 1.18 bits per heavy atom. The molecule has 1 aromatic heterocycles. The lowest BCUT2D eigenvalue weighted by Crippen LogP contribution is -2.48. The van der Waals surface area contributed by atoms with Gasteiger partial charge < -0.3 is 9.80 Å². The van der Waals surface area contributed by atoms with E-state index in [0.29, 0.717) is 49.1 Å². The number of nitrogens with zero attached hydrogens (tertiary/aromatic N) is 4. The van der Waals surface area contributed by atoms with Gasteiger partial charge in [0.1, 0.15) is 17.5 Å². The van der Waals surface area contributed by atoms with Crippen molar-refractivity contribution in [2.24, 2.45) is 0 Å². The summed E-state index contributed by atoms with van der Waals surface area (Å²) < 4.78 is 14.4. The second-order valence-electron chi connectivity index (χ2n) is 7.61. The highest BCUT2D eigenvalue weighted by atomic mass is 35.5. The van der Waals surface area contributed by atoms with Crippen LogP contribution >= 0.6 is 11.6 Å². The fourth-order valence-electron chi connectivity index (χ4n) is 3.71. The number of hydrogen-bond acceptors (Lipinski definition) is 4. The molecular weight excluding hydrogens is 379 g/mol. The van der Waals surface area contributed by atoms with E-state index in [1.54, 1.807) is 19.1 Å². The van der Waals surface area contributed by atoms with Crippen LogP contribution in [-0.4, -0.2) is 47.0 Å². The van der Waals surface area contributed by atoms with Crippen molar-refractivity contribution in [1.82, 2.24) is 14.9 Å². The van der Waals surface area contributed by atoms with E-state index in [1.807, 2.05) is 11.8 Å². The van der Waals surface area contributed by atoms with E-state index >= 15 is 0 Å². The SMILES string of the molecule is CC(=O)N1CCN(c2nc(C3CC3)nc(C)c2Cc2c(F)cccc2Cl)CC1. The molecule has 1 aliphatic heterocycles. The van der Waals surface area contributed by atoms with Crippen LogP contribution in [0.5, 0.6) is 0 Å². The van der Waals surface area contributed by atoms with E-state index < -0.39 is 0 Å². The molecule has 1 aliphatic carbocycles. The second-order valence-corrected chi connectivity index (χ2v) is 8.02. The lowest BCUT2D eigenvalue weighted by molar-refractivity contribution is -0.129. The molecule has 4 rings (SSSR count). The van der Waals surface area contributed by atoms with Gasteiger partial charge in [-0.1, -0.05) is 17.7 Å². The molecule has 1 saturated heterocycles. The van der Waals surface area contributed by atoms with Gasteiger partial charge in [-0.15, -0.1) is 0 Å². The number of halogens is 2. The Morgan fingerprint density at radius 3 is 2.50 bits per heavy atom. The van der Waals surface area contributed by atoms with Crippen LogP contribution in [0.1, 0.15) is 48.3 Å². The summed E-state index contributed by atoms with van der Waals surface area (Å²) in [5.41, 5.74) is 2.26. The van der Waals surface area contributed by atoms with Gasteiger partial charge in [0.2, 0.25) is 5.91 Å². The van der Waals surface area contributed by atoms with Crippen LogP contribution in [0.25, 0.3) is 0 Å². The number of piperazine rings is 1. The van der Waals surface area contributed by atoms with Gasteiger partial charge in [0.05, 0.1) is 0 Å². The highest BCUT2D eigenvalue weighted by Crippen LogP contribution is 2.40. The largest absolute Gasteiger partial charge is 0.353 e. The third kappa shape index (κ3) is 3.83. The lowest BCUT2D eigenvalue weighted by Gasteiger charge is -2.36. The summed E-state index contributed by atoms with van der Waals surface area (Å²) in [4.78, 5) is 25.3. The van der Waals surface area contributed by atoms with Crippen LogP contribution in [0.3, 0.4) is 0 Å². The number of rotatable bonds is 4. The quantitative estimate of drug-likeness (QED) is 0.782. The summed E-state index contributed by atoms with van der Waals surface area (Å²) in [5, 5.41) is 0.415. The van der Waals surface area contributed by atoms with Crippen LogP contribution in [-0.2, 0) is 11.2 Å². The van der Waals surface area contributed by atoms with Crippen molar-refractivity contribution in [2.45, 2.75) is 39.0 Å². The number of anilines is 1. The van der Waals surface area contributed by atoms with Gasteiger partial charge in [0, 0.05) is 67.3 Å². The smallest absolute Gasteiger partial charge is 0.219 e. The Hall–Kier alpha value is -2.21. The molecule has 1 amide bonds. The Labute approximate surface area is 169 Å². The van der Waals surface area contributed by atoms with Crippen molar-refractivity contribution in [3.63, 3.8) is 0 Å². The zero-order chi connectivity index (χ0) is 19.8. The average Bonchev–Trinajstić information content (AvgIpc) is 3.51. The van der Waals surface area contributed by atoms with Gasteiger partial charge in [-0.2, -0.15) is 0 Å². The summed E-state index contributed by atoms with van der Waals surface area (Å²) in [6.45, 7) is 6.30. The molecule has 148 valence electrons. The molecule has 1 saturated carbocycles. The number of aromatic nitrogens is 2. The van der Waals surface area contributed by atoms with Crippen molar-refractivity contribution in [2.75, 3.05) is 31.1 Å². The number of amides is 1. The minimum absolute atomic E-state index is 0.0931. The molecule has 2 aromatic rings.